The van der Waals surface area contributed by atoms with Gasteiger partial charge < -0.3 is 5.32 Å². The molecule has 4 rings (SSSR count). The number of amides is 1. The molecule has 2 aromatic heterocycles. The van der Waals surface area contributed by atoms with Crippen molar-refractivity contribution in [3.63, 3.8) is 0 Å². The number of likely N-dealkylation sites (tertiary alicyclic amines) is 1. The summed E-state index contributed by atoms with van der Waals surface area (Å²) in [5, 5.41) is 7.04. The Hall–Kier alpha value is -2.04. The van der Waals surface area contributed by atoms with Gasteiger partial charge in [-0.3, -0.25) is 9.69 Å². The maximum Gasteiger partial charge on any atom is 0.251 e. The van der Waals surface area contributed by atoms with E-state index in [-0.39, 0.29) is 17.3 Å². The van der Waals surface area contributed by atoms with E-state index in [0.29, 0.717) is 18.0 Å². The van der Waals surface area contributed by atoms with Crippen molar-refractivity contribution in [3.05, 3.63) is 74.6 Å². The van der Waals surface area contributed by atoms with Crippen LogP contribution in [0.4, 0.5) is 0 Å². The van der Waals surface area contributed by atoms with E-state index in [1.54, 1.807) is 23.5 Å². The summed E-state index contributed by atoms with van der Waals surface area (Å²) >= 11 is 3.28. The van der Waals surface area contributed by atoms with Crippen LogP contribution >= 0.6 is 22.7 Å². The average molecular weight is 490 g/mol. The van der Waals surface area contributed by atoms with Crippen molar-refractivity contribution in [2.24, 2.45) is 5.92 Å². The van der Waals surface area contributed by atoms with Crippen LogP contribution in [0.15, 0.2) is 64.2 Å². The van der Waals surface area contributed by atoms with Gasteiger partial charge in [0, 0.05) is 41.5 Å². The normalized spacial score (nSPS) is 17.3. The van der Waals surface area contributed by atoms with Gasteiger partial charge in [-0.1, -0.05) is 12.1 Å². The third kappa shape index (κ3) is 6.26. The Balaban J connectivity index is 1.27. The smallest absolute Gasteiger partial charge is 0.251 e. The maximum absolute atomic E-state index is 12.6. The summed E-state index contributed by atoms with van der Waals surface area (Å²) in [6.07, 6.45) is 2.24. The predicted octanol–water partition coefficient (Wildman–Crippen LogP) is 3.93. The van der Waals surface area contributed by atoms with Crippen LogP contribution < -0.4 is 10.0 Å². The minimum absolute atomic E-state index is 0.155. The molecule has 1 amide bonds. The third-order valence-electron chi connectivity index (χ3n) is 5.56. The molecule has 1 aliphatic heterocycles. The second-order valence-corrected chi connectivity index (χ2v) is 11.8. The SMILES string of the molecule is O=C(NCC1CCCN(Cc2cccs2)C1)c1ccc(S(=O)(=O)NCc2cccs2)cc1. The number of sulfonamides is 1. The molecule has 0 spiro atoms. The van der Waals surface area contributed by atoms with Crippen LogP contribution in [0.3, 0.4) is 0 Å². The predicted molar refractivity (Wildman–Crippen MR) is 129 cm³/mol. The standard InChI is InChI=1S/C23H27N3O3S3/c27-23(24-14-18-4-1-11-26(16-18)17-21-6-3-13-31-21)19-7-9-22(10-8-19)32(28,29)25-15-20-5-2-12-30-20/h2-3,5-10,12-13,18,25H,1,4,11,14-17H2,(H,24,27). The van der Waals surface area contributed by atoms with Gasteiger partial charge in [0.25, 0.3) is 5.91 Å². The lowest BCUT2D eigenvalue weighted by atomic mass is 9.98. The quantitative estimate of drug-likeness (QED) is 0.477. The number of thiophene rings is 2. The molecular weight excluding hydrogens is 462 g/mol. The molecule has 3 aromatic rings. The fourth-order valence-electron chi connectivity index (χ4n) is 3.87. The summed E-state index contributed by atoms with van der Waals surface area (Å²) in [5.74, 6) is 0.254. The summed E-state index contributed by atoms with van der Waals surface area (Å²) in [6.45, 7) is 3.93. The van der Waals surface area contributed by atoms with Crippen molar-refractivity contribution < 1.29 is 13.2 Å². The second-order valence-electron chi connectivity index (χ2n) is 7.96. The van der Waals surface area contributed by atoms with Gasteiger partial charge in [0.2, 0.25) is 10.0 Å². The van der Waals surface area contributed by atoms with Gasteiger partial charge in [0.1, 0.15) is 0 Å². The zero-order valence-corrected chi connectivity index (χ0v) is 20.1. The minimum atomic E-state index is -3.62. The Morgan fingerprint density at radius 3 is 2.44 bits per heavy atom. The van der Waals surface area contributed by atoms with E-state index >= 15 is 0 Å². The highest BCUT2D eigenvalue weighted by Gasteiger charge is 2.21. The number of piperidine rings is 1. The molecule has 1 aliphatic rings. The van der Waals surface area contributed by atoms with Crippen molar-refractivity contribution >= 4 is 38.6 Å². The van der Waals surface area contributed by atoms with E-state index in [0.717, 1.165) is 37.4 Å². The van der Waals surface area contributed by atoms with E-state index in [9.17, 15) is 13.2 Å². The van der Waals surface area contributed by atoms with Gasteiger partial charge in [-0.2, -0.15) is 0 Å². The monoisotopic (exact) mass is 489 g/mol. The van der Waals surface area contributed by atoms with Crippen molar-refractivity contribution in [1.29, 1.82) is 0 Å². The molecule has 3 heterocycles. The van der Waals surface area contributed by atoms with E-state index in [1.807, 2.05) is 17.5 Å². The third-order valence-corrected chi connectivity index (χ3v) is 8.71. The first kappa shape index (κ1) is 23.1. The van der Waals surface area contributed by atoms with Crippen molar-refractivity contribution in [2.75, 3.05) is 19.6 Å². The molecule has 0 bridgehead atoms. The summed E-state index contributed by atoms with van der Waals surface area (Å²) in [4.78, 5) is 17.5. The number of carbonyl (C=O) groups excluding carboxylic acids is 1. The number of carbonyl (C=O) groups is 1. The highest BCUT2D eigenvalue weighted by molar-refractivity contribution is 7.89. The first-order valence-corrected chi connectivity index (χ1v) is 13.9. The number of hydrogen-bond acceptors (Lipinski definition) is 6. The Kier molecular flexibility index (Phi) is 7.75. The van der Waals surface area contributed by atoms with E-state index in [1.165, 1.54) is 28.3 Å². The number of nitrogens with zero attached hydrogens (tertiary/aromatic N) is 1. The number of nitrogens with one attached hydrogen (secondary N) is 2. The van der Waals surface area contributed by atoms with Crippen LogP contribution in [0.2, 0.25) is 0 Å². The topological polar surface area (TPSA) is 78.5 Å². The molecule has 2 N–H and O–H groups in total. The molecule has 1 aromatic carbocycles. The van der Waals surface area contributed by atoms with Crippen molar-refractivity contribution in [3.8, 4) is 0 Å². The minimum Gasteiger partial charge on any atom is -0.352 e. The molecule has 1 atom stereocenters. The fourth-order valence-corrected chi connectivity index (χ4v) is 6.36. The highest BCUT2D eigenvalue weighted by Crippen LogP contribution is 2.20. The molecule has 1 fully saturated rings. The van der Waals surface area contributed by atoms with Crippen molar-refractivity contribution in [1.82, 2.24) is 14.9 Å². The first-order chi connectivity index (χ1) is 15.5. The van der Waals surface area contributed by atoms with Gasteiger partial charge >= 0.3 is 0 Å². The molecule has 170 valence electrons. The molecule has 0 radical (unpaired) electrons. The Morgan fingerprint density at radius 2 is 1.75 bits per heavy atom. The van der Waals surface area contributed by atoms with E-state index in [2.05, 4.69) is 32.5 Å². The molecule has 1 saturated heterocycles. The van der Waals surface area contributed by atoms with Crippen LogP contribution in [0.1, 0.15) is 33.0 Å². The van der Waals surface area contributed by atoms with Crippen molar-refractivity contribution in [2.45, 2.75) is 30.8 Å². The molecule has 9 heteroatoms. The molecule has 6 nitrogen and oxygen atoms in total. The van der Waals surface area contributed by atoms with Crippen LogP contribution in [0, 0.1) is 5.92 Å². The van der Waals surface area contributed by atoms with Crippen LogP contribution in [0.5, 0.6) is 0 Å². The van der Waals surface area contributed by atoms with Gasteiger partial charge in [-0.15, -0.1) is 22.7 Å². The van der Waals surface area contributed by atoms with Crippen LogP contribution in [-0.4, -0.2) is 38.9 Å². The molecular formula is C23H27N3O3S3. The Morgan fingerprint density at radius 1 is 1.03 bits per heavy atom. The molecule has 32 heavy (non-hydrogen) atoms. The zero-order chi connectivity index (χ0) is 22.4. The average Bonchev–Trinajstić information content (AvgIpc) is 3.51. The summed E-state index contributed by atoms with van der Waals surface area (Å²) < 4.78 is 27.5. The van der Waals surface area contributed by atoms with E-state index in [4.69, 9.17) is 0 Å². The Labute approximate surface area is 197 Å². The zero-order valence-electron chi connectivity index (χ0n) is 17.7. The second kappa shape index (κ2) is 10.7. The van der Waals surface area contributed by atoms with Gasteiger partial charge in [0.05, 0.1) is 4.90 Å². The summed E-state index contributed by atoms with van der Waals surface area (Å²) in [5.41, 5.74) is 0.466. The largest absolute Gasteiger partial charge is 0.352 e. The van der Waals surface area contributed by atoms with Gasteiger partial charge in [-0.25, -0.2) is 13.1 Å². The number of benzene rings is 1. The first-order valence-electron chi connectivity index (χ1n) is 10.6. The maximum atomic E-state index is 12.6. The fraction of sp³-hybridized carbons (Fsp3) is 0.348. The van der Waals surface area contributed by atoms with Crippen LogP contribution in [-0.2, 0) is 23.1 Å². The Bertz CT molecular complexity index is 1100. The lowest BCUT2D eigenvalue weighted by Crippen LogP contribution is -2.40. The molecule has 0 aliphatic carbocycles. The summed E-state index contributed by atoms with van der Waals surface area (Å²) in [7, 11) is -3.62. The van der Waals surface area contributed by atoms with Gasteiger partial charge in [-0.05, 0) is 72.5 Å². The van der Waals surface area contributed by atoms with E-state index < -0.39 is 10.0 Å². The highest BCUT2D eigenvalue weighted by atomic mass is 32.2. The molecule has 1 unspecified atom stereocenters. The number of rotatable bonds is 9. The lowest BCUT2D eigenvalue weighted by Gasteiger charge is -2.32. The number of hydrogen-bond donors (Lipinski definition) is 2. The lowest BCUT2D eigenvalue weighted by molar-refractivity contribution is 0.0931. The van der Waals surface area contributed by atoms with Crippen LogP contribution in [0.25, 0.3) is 0 Å². The van der Waals surface area contributed by atoms with Gasteiger partial charge in [0.15, 0.2) is 0 Å². The summed E-state index contributed by atoms with van der Waals surface area (Å²) in [6, 6.07) is 14.1. The molecule has 0 saturated carbocycles.